The number of hydrogen-bond donors (Lipinski definition) is 3. The van der Waals surface area contributed by atoms with Crippen LogP contribution < -0.4 is 0 Å². The number of carboxylic acid groups (broad SMARTS) is 1. The Kier molecular flexibility index (Phi) is 8.82. The minimum Gasteiger partial charge on any atom is -0.478 e. The molecule has 0 aromatic rings. The molecular formula is C32H49BrO4S. The number of carboxylic acids is 1. The Morgan fingerprint density at radius 2 is 1.79 bits per heavy atom. The quantitative estimate of drug-likeness (QED) is 0.203. The minimum atomic E-state index is -0.810. The number of aliphatic hydroxyl groups is 2. The van der Waals surface area contributed by atoms with Crippen LogP contribution in [0.25, 0.3) is 0 Å². The van der Waals surface area contributed by atoms with Crippen molar-refractivity contribution in [3.05, 3.63) is 33.9 Å². The summed E-state index contributed by atoms with van der Waals surface area (Å²) in [6.45, 7) is 17.5. The molecule has 0 saturated heterocycles. The van der Waals surface area contributed by atoms with Crippen LogP contribution >= 0.6 is 27.7 Å². The lowest BCUT2D eigenvalue weighted by Gasteiger charge is -2.69. The van der Waals surface area contributed by atoms with Gasteiger partial charge in [-0.1, -0.05) is 55.3 Å². The highest BCUT2D eigenvalue weighted by molar-refractivity contribution is 9.11. The molecule has 4 saturated carbocycles. The van der Waals surface area contributed by atoms with E-state index in [1.807, 2.05) is 31.7 Å². The zero-order valence-corrected chi connectivity index (χ0v) is 26.6. The number of allylic oxidation sites excluding steroid dienone is 2. The third-order valence-corrected chi connectivity index (χ3v) is 14.3. The Bertz CT molecular complexity index is 1020. The van der Waals surface area contributed by atoms with Gasteiger partial charge in [-0.25, -0.2) is 4.79 Å². The first-order chi connectivity index (χ1) is 17.7. The van der Waals surface area contributed by atoms with Crippen molar-refractivity contribution in [2.45, 2.75) is 110 Å². The van der Waals surface area contributed by atoms with E-state index < -0.39 is 12.1 Å². The van der Waals surface area contributed by atoms with Gasteiger partial charge in [0.2, 0.25) is 0 Å². The Morgan fingerprint density at radius 3 is 2.39 bits per heavy atom. The summed E-state index contributed by atoms with van der Waals surface area (Å²) in [4.78, 5) is 12.8. The normalized spacial score (nSPS) is 45.4. The first kappa shape index (κ1) is 30.4. The zero-order chi connectivity index (χ0) is 28.2. The molecule has 2 unspecified atom stereocenters. The van der Waals surface area contributed by atoms with E-state index in [9.17, 15) is 20.1 Å². The van der Waals surface area contributed by atoms with Crippen LogP contribution in [0.15, 0.2) is 33.9 Å². The van der Waals surface area contributed by atoms with E-state index in [-0.39, 0.29) is 45.4 Å². The van der Waals surface area contributed by atoms with E-state index in [0.29, 0.717) is 30.8 Å². The van der Waals surface area contributed by atoms with Gasteiger partial charge in [-0.15, -0.1) is 18.3 Å². The maximum atomic E-state index is 12.8. The van der Waals surface area contributed by atoms with E-state index in [0.717, 1.165) is 47.9 Å². The average molecular weight is 610 g/mol. The predicted molar refractivity (Wildman–Crippen MR) is 161 cm³/mol. The molecule has 38 heavy (non-hydrogen) atoms. The highest BCUT2D eigenvalue weighted by Crippen LogP contribution is 2.75. The highest BCUT2D eigenvalue weighted by atomic mass is 79.9. The average Bonchev–Trinajstić information content (AvgIpc) is 3.12. The summed E-state index contributed by atoms with van der Waals surface area (Å²) in [5.41, 5.74) is 2.61. The lowest BCUT2D eigenvalue weighted by molar-refractivity contribution is -0.233. The monoisotopic (exact) mass is 608 g/mol. The Hall–Kier alpha value is -0.560. The predicted octanol–water partition coefficient (Wildman–Crippen LogP) is 7.74. The fourth-order valence-electron chi connectivity index (χ4n) is 9.80. The first-order valence-corrected chi connectivity index (χ1v) is 16.4. The number of aliphatic carboxylic acids is 1. The smallest absolute Gasteiger partial charge is 0.331 e. The van der Waals surface area contributed by atoms with Crippen LogP contribution in [0.4, 0.5) is 0 Å². The van der Waals surface area contributed by atoms with Gasteiger partial charge in [0.1, 0.15) is 0 Å². The molecule has 214 valence electrons. The van der Waals surface area contributed by atoms with Crippen molar-refractivity contribution in [3.63, 3.8) is 0 Å². The molecule has 0 heterocycles. The number of thioether (sulfide) groups is 1. The van der Waals surface area contributed by atoms with Gasteiger partial charge < -0.3 is 15.3 Å². The topological polar surface area (TPSA) is 77.8 Å². The summed E-state index contributed by atoms with van der Waals surface area (Å²) in [6, 6.07) is 0. The summed E-state index contributed by atoms with van der Waals surface area (Å²) in [5, 5.41) is 33.3. The standard InChI is InChI=1S/C32H49BrO4S/c1-8-15-38-26-17-32(7)22(27(26)20(29(36)37)9-10-23(33)18(2)3)16-25(35)28-30(5)13-12-24(34)19(4)21(30)11-14-31(28,32)6/h8,19,21-22,24-26,28,34-35H,1,9-17H2,2-7H3,(H,36,37)/b27-20-/t19-,21?,22?,24+,25+,26-,28-,30-,31-,32-/m0/s1. The molecule has 0 aromatic carbocycles. The van der Waals surface area contributed by atoms with Crippen molar-refractivity contribution in [1.29, 1.82) is 0 Å². The fourth-order valence-corrected chi connectivity index (χ4v) is 11.3. The summed E-state index contributed by atoms with van der Waals surface area (Å²) in [7, 11) is 0. The van der Waals surface area contributed by atoms with Crippen LogP contribution in [0.1, 0.15) is 92.9 Å². The van der Waals surface area contributed by atoms with Crippen LogP contribution in [0.3, 0.4) is 0 Å². The van der Waals surface area contributed by atoms with Gasteiger partial charge in [-0.2, -0.15) is 0 Å². The second-order valence-corrected chi connectivity index (χ2v) is 15.9. The van der Waals surface area contributed by atoms with Gasteiger partial charge >= 0.3 is 5.97 Å². The number of halogens is 1. The molecule has 4 rings (SSSR count). The maximum absolute atomic E-state index is 12.8. The molecule has 4 fully saturated rings. The minimum absolute atomic E-state index is 0.0147. The molecule has 10 atom stereocenters. The van der Waals surface area contributed by atoms with Crippen molar-refractivity contribution in [1.82, 2.24) is 0 Å². The largest absolute Gasteiger partial charge is 0.478 e. The van der Waals surface area contributed by atoms with E-state index in [1.54, 1.807) is 0 Å². The van der Waals surface area contributed by atoms with Crippen LogP contribution in [0.2, 0.25) is 0 Å². The van der Waals surface area contributed by atoms with E-state index in [2.05, 4.69) is 50.2 Å². The highest BCUT2D eigenvalue weighted by Gasteiger charge is 2.70. The number of aliphatic hydroxyl groups excluding tert-OH is 2. The Morgan fingerprint density at radius 1 is 1.11 bits per heavy atom. The van der Waals surface area contributed by atoms with Gasteiger partial charge in [0.25, 0.3) is 0 Å². The van der Waals surface area contributed by atoms with Crippen molar-refractivity contribution >= 4 is 33.7 Å². The molecule has 0 amide bonds. The maximum Gasteiger partial charge on any atom is 0.331 e. The Balaban J connectivity index is 1.81. The van der Waals surface area contributed by atoms with Crippen molar-refractivity contribution in [3.8, 4) is 0 Å². The van der Waals surface area contributed by atoms with E-state index in [4.69, 9.17) is 0 Å². The number of rotatable bonds is 7. The van der Waals surface area contributed by atoms with Gasteiger partial charge in [0, 0.05) is 16.6 Å². The van der Waals surface area contributed by atoms with Crippen LogP contribution in [-0.2, 0) is 4.79 Å². The summed E-state index contributed by atoms with van der Waals surface area (Å²) in [6.07, 6.45) is 7.82. The molecule has 0 bridgehead atoms. The van der Waals surface area contributed by atoms with Gasteiger partial charge in [0.05, 0.1) is 12.2 Å². The third kappa shape index (κ3) is 4.71. The molecule has 4 nitrogen and oxygen atoms in total. The van der Waals surface area contributed by atoms with Crippen LogP contribution in [0, 0.1) is 39.9 Å². The summed E-state index contributed by atoms with van der Waals surface area (Å²) in [5.74, 6) is 0.858. The SMILES string of the molecule is C=CCS[C@H]1C[C@@]2(C)C(C[C@@H](O)[C@H]3[C@@]4(C)CC[C@@H](O)[C@@H](C)C4CC[C@@]32C)/C1=C(\CCC(Br)=C(C)C)C(=O)O. The fraction of sp³-hybridized carbons (Fsp3) is 0.781. The number of carbonyl (C=O) groups is 1. The van der Waals surface area contributed by atoms with Crippen LogP contribution in [0.5, 0.6) is 0 Å². The molecule has 4 aliphatic carbocycles. The van der Waals surface area contributed by atoms with E-state index >= 15 is 0 Å². The number of hydrogen-bond acceptors (Lipinski definition) is 4. The van der Waals surface area contributed by atoms with Crippen molar-refractivity contribution in [2.75, 3.05) is 5.75 Å². The zero-order valence-electron chi connectivity index (χ0n) is 24.2. The summed E-state index contributed by atoms with van der Waals surface area (Å²) < 4.78 is 1.07. The molecule has 0 aromatic heterocycles. The molecule has 3 N–H and O–H groups in total. The summed E-state index contributed by atoms with van der Waals surface area (Å²) >= 11 is 5.49. The lowest BCUT2D eigenvalue weighted by atomic mass is 9.36. The van der Waals surface area contributed by atoms with Crippen molar-refractivity contribution < 1.29 is 20.1 Å². The van der Waals surface area contributed by atoms with Gasteiger partial charge in [0.15, 0.2) is 0 Å². The Labute approximate surface area is 242 Å². The lowest BCUT2D eigenvalue weighted by Crippen LogP contribution is -2.65. The van der Waals surface area contributed by atoms with E-state index in [1.165, 1.54) is 5.57 Å². The number of fused-ring (bicyclic) bond motifs is 5. The molecule has 0 aliphatic heterocycles. The molecule has 0 spiro atoms. The second-order valence-electron chi connectivity index (χ2n) is 13.7. The third-order valence-electron chi connectivity index (χ3n) is 11.9. The molecule has 4 aliphatic rings. The molecule has 6 heteroatoms. The van der Waals surface area contributed by atoms with Crippen molar-refractivity contribution in [2.24, 2.45) is 39.9 Å². The first-order valence-electron chi connectivity index (χ1n) is 14.6. The molecule has 0 radical (unpaired) electrons. The van der Waals surface area contributed by atoms with Gasteiger partial charge in [-0.3, -0.25) is 0 Å². The second kappa shape index (κ2) is 11.0. The molecular weight excluding hydrogens is 560 g/mol. The van der Waals surface area contributed by atoms with Gasteiger partial charge in [-0.05, 0) is 115 Å². The van der Waals surface area contributed by atoms with Crippen LogP contribution in [-0.4, -0.2) is 44.5 Å².